The van der Waals surface area contributed by atoms with E-state index in [1.54, 1.807) is 12.4 Å². The molecule has 0 bridgehead atoms. The summed E-state index contributed by atoms with van der Waals surface area (Å²) in [5.41, 5.74) is 4.99. The number of nitrogens with one attached hydrogen (secondary N) is 1. The molecule has 1 atom stereocenters. The van der Waals surface area contributed by atoms with E-state index >= 15 is 0 Å². The molecule has 1 aromatic carbocycles. The van der Waals surface area contributed by atoms with Crippen LogP contribution >= 0.6 is 11.6 Å². The highest BCUT2D eigenvalue weighted by Crippen LogP contribution is 2.33. The summed E-state index contributed by atoms with van der Waals surface area (Å²) in [6.07, 6.45) is 6.57. The lowest BCUT2D eigenvalue weighted by Gasteiger charge is -2.21. The van der Waals surface area contributed by atoms with E-state index in [1.807, 2.05) is 54.6 Å². The van der Waals surface area contributed by atoms with E-state index in [9.17, 15) is 0 Å². The van der Waals surface area contributed by atoms with Crippen molar-refractivity contribution in [3.63, 3.8) is 0 Å². The first-order valence-corrected chi connectivity index (χ1v) is 10.4. The number of nitrogens with zero attached hydrogens (tertiary/aromatic N) is 4. The number of hydrogen-bond acceptors (Lipinski definition) is 5. The molecule has 3 aromatic heterocycles. The number of hydrogen-bond donors (Lipinski definition) is 1. The van der Waals surface area contributed by atoms with Gasteiger partial charge >= 0.3 is 0 Å². The fourth-order valence-corrected chi connectivity index (χ4v) is 4.06. The van der Waals surface area contributed by atoms with E-state index in [0.717, 1.165) is 47.7 Å². The molecule has 0 amide bonds. The summed E-state index contributed by atoms with van der Waals surface area (Å²) in [4.78, 5) is 18.7. The molecule has 6 heteroatoms. The van der Waals surface area contributed by atoms with E-state index in [1.165, 1.54) is 5.56 Å². The normalized spacial score (nSPS) is 13.6. The summed E-state index contributed by atoms with van der Waals surface area (Å²) in [6.45, 7) is 0. The molecule has 30 heavy (non-hydrogen) atoms. The Kier molecular flexibility index (Phi) is 5.11. The zero-order chi connectivity index (χ0) is 20.3. The quantitative estimate of drug-likeness (QED) is 0.482. The maximum atomic E-state index is 6.30. The molecule has 5 rings (SSSR count). The van der Waals surface area contributed by atoms with Gasteiger partial charge in [0, 0.05) is 28.7 Å². The number of halogens is 1. The summed E-state index contributed by atoms with van der Waals surface area (Å²) < 4.78 is 0. The van der Waals surface area contributed by atoms with Crippen LogP contribution in [0.1, 0.15) is 35.0 Å². The molecule has 148 valence electrons. The predicted octanol–water partition coefficient (Wildman–Crippen LogP) is 5.28. The van der Waals surface area contributed by atoms with Crippen LogP contribution in [-0.2, 0) is 12.8 Å². The zero-order valence-corrected chi connectivity index (χ0v) is 17.0. The van der Waals surface area contributed by atoms with Gasteiger partial charge < -0.3 is 5.32 Å². The number of fused-ring (bicyclic) bond motifs is 1. The molecule has 1 unspecified atom stereocenters. The van der Waals surface area contributed by atoms with Crippen molar-refractivity contribution in [1.82, 2.24) is 19.9 Å². The molecule has 1 aliphatic carbocycles. The Labute approximate surface area is 180 Å². The SMILES string of the molecule is Clc1cccc(C(Nc2nc(-c3ccccn3)nc3c2CCC3)c2ccccn2)c1. The largest absolute Gasteiger partial charge is 0.357 e. The molecule has 3 heterocycles. The highest BCUT2D eigenvalue weighted by atomic mass is 35.5. The maximum absolute atomic E-state index is 6.30. The van der Waals surface area contributed by atoms with Gasteiger partial charge in [0.2, 0.25) is 0 Å². The molecule has 0 saturated carbocycles. The monoisotopic (exact) mass is 413 g/mol. The Hall–Kier alpha value is -3.31. The van der Waals surface area contributed by atoms with Crippen LogP contribution in [0.15, 0.2) is 73.1 Å². The third kappa shape index (κ3) is 3.76. The number of rotatable bonds is 5. The molecular formula is C24H20ClN5. The second-order valence-corrected chi connectivity index (χ2v) is 7.71. The van der Waals surface area contributed by atoms with Gasteiger partial charge in [0.25, 0.3) is 0 Å². The Morgan fingerprint density at radius 3 is 2.50 bits per heavy atom. The van der Waals surface area contributed by atoms with Crippen LogP contribution in [0.3, 0.4) is 0 Å². The molecule has 0 spiro atoms. The number of pyridine rings is 2. The Bertz CT molecular complexity index is 1160. The van der Waals surface area contributed by atoms with Gasteiger partial charge in [-0.3, -0.25) is 9.97 Å². The van der Waals surface area contributed by atoms with Gasteiger partial charge in [-0.15, -0.1) is 0 Å². The van der Waals surface area contributed by atoms with Crippen LogP contribution < -0.4 is 5.32 Å². The average Bonchev–Trinajstić information content (AvgIpc) is 3.27. The van der Waals surface area contributed by atoms with Gasteiger partial charge in [0.15, 0.2) is 5.82 Å². The lowest BCUT2D eigenvalue weighted by Crippen LogP contribution is -2.17. The summed E-state index contributed by atoms with van der Waals surface area (Å²) in [6, 6.07) is 19.4. The summed E-state index contributed by atoms with van der Waals surface area (Å²) in [7, 11) is 0. The van der Waals surface area contributed by atoms with Crippen molar-refractivity contribution in [1.29, 1.82) is 0 Å². The molecule has 0 aliphatic heterocycles. The fraction of sp³-hybridized carbons (Fsp3) is 0.167. The maximum Gasteiger partial charge on any atom is 0.180 e. The fourth-order valence-electron chi connectivity index (χ4n) is 3.86. The standard InChI is InChI=1S/C24H20ClN5/c25-17-8-5-7-16(15-17)22(20-10-1-3-13-26-20)29-23-18-9-6-12-19(18)28-24(30-23)21-11-2-4-14-27-21/h1-5,7-8,10-11,13-15,22H,6,9,12H2,(H,28,29,30). The molecule has 0 radical (unpaired) electrons. The van der Waals surface area contributed by atoms with Crippen molar-refractivity contribution in [2.24, 2.45) is 0 Å². The van der Waals surface area contributed by atoms with Crippen LogP contribution in [0.2, 0.25) is 5.02 Å². The molecule has 5 nitrogen and oxygen atoms in total. The first-order chi connectivity index (χ1) is 14.8. The molecule has 0 saturated heterocycles. The Balaban J connectivity index is 1.61. The summed E-state index contributed by atoms with van der Waals surface area (Å²) >= 11 is 6.30. The van der Waals surface area contributed by atoms with Gasteiger partial charge in [-0.1, -0.05) is 35.9 Å². The molecule has 4 aromatic rings. The summed E-state index contributed by atoms with van der Waals surface area (Å²) in [5, 5.41) is 4.34. The predicted molar refractivity (Wildman–Crippen MR) is 118 cm³/mol. The second-order valence-electron chi connectivity index (χ2n) is 7.28. The van der Waals surface area contributed by atoms with Crippen molar-refractivity contribution in [3.8, 4) is 11.5 Å². The lowest BCUT2D eigenvalue weighted by atomic mass is 10.0. The van der Waals surface area contributed by atoms with Crippen LogP contribution in [0.5, 0.6) is 0 Å². The minimum atomic E-state index is -0.180. The number of benzene rings is 1. The van der Waals surface area contributed by atoms with E-state index in [2.05, 4.69) is 21.4 Å². The highest BCUT2D eigenvalue weighted by molar-refractivity contribution is 6.30. The zero-order valence-electron chi connectivity index (χ0n) is 16.3. The average molecular weight is 414 g/mol. The first kappa shape index (κ1) is 18.7. The Morgan fingerprint density at radius 2 is 1.73 bits per heavy atom. The number of aromatic nitrogens is 4. The molecular weight excluding hydrogens is 394 g/mol. The summed E-state index contributed by atoms with van der Waals surface area (Å²) in [5.74, 6) is 1.48. The topological polar surface area (TPSA) is 63.6 Å². The van der Waals surface area contributed by atoms with E-state index in [4.69, 9.17) is 21.6 Å². The number of anilines is 1. The second kappa shape index (κ2) is 8.20. The van der Waals surface area contributed by atoms with Gasteiger partial charge in [0.1, 0.15) is 11.5 Å². The van der Waals surface area contributed by atoms with E-state index in [0.29, 0.717) is 10.8 Å². The smallest absolute Gasteiger partial charge is 0.180 e. The van der Waals surface area contributed by atoms with Crippen molar-refractivity contribution in [2.75, 3.05) is 5.32 Å². The third-order valence-electron chi connectivity index (χ3n) is 5.27. The van der Waals surface area contributed by atoms with Crippen LogP contribution in [0, 0.1) is 0 Å². The van der Waals surface area contributed by atoms with Crippen molar-refractivity contribution in [3.05, 3.63) is 101 Å². The molecule has 1 aliphatic rings. The first-order valence-electron chi connectivity index (χ1n) is 10.0. The van der Waals surface area contributed by atoms with Crippen molar-refractivity contribution < 1.29 is 0 Å². The minimum Gasteiger partial charge on any atom is -0.357 e. The van der Waals surface area contributed by atoms with Gasteiger partial charge in [-0.05, 0) is 61.2 Å². The molecule has 0 fully saturated rings. The van der Waals surface area contributed by atoms with E-state index in [-0.39, 0.29) is 6.04 Å². The van der Waals surface area contributed by atoms with Crippen molar-refractivity contribution in [2.45, 2.75) is 25.3 Å². The highest BCUT2D eigenvalue weighted by Gasteiger charge is 2.24. The minimum absolute atomic E-state index is 0.180. The lowest BCUT2D eigenvalue weighted by molar-refractivity contribution is 0.868. The van der Waals surface area contributed by atoms with Gasteiger partial charge in [-0.2, -0.15) is 0 Å². The molecule has 1 N–H and O–H groups in total. The van der Waals surface area contributed by atoms with Crippen LogP contribution in [0.4, 0.5) is 5.82 Å². The van der Waals surface area contributed by atoms with Crippen LogP contribution in [0.25, 0.3) is 11.5 Å². The third-order valence-corrected chi connectivity index (χ3v) is 5.51. The van der Waals surface area contributed by atoms with Gasteiger partial charge in [0.05, 0.1) is 11.7 Å². The van der Waals surface area contributed by atoms with Crippen LogP contribution in [-0.4, -0.2) is 19.9 Å². The van der Waals surface area contributed by atoms with Gasteiger partial charge in [-0.25, -0.2) is 9.97 Å². The van der Waals surface area contributed by atoms with E-state index < -0.39 is 0 Å². The van der Waals surface area contributed by atoms with Crippen molar-refractivity contribution >= 4 is 17.4 Å². The number of aryl methyl sites for hydroxylation is 1. The Morgan fingerprint density at radius 1 is 0.867 bits per heavy atom.